The number of aliphatic hydroxyl groups excluding tert-OH is 1. The van der Waals surface area contributed by atoms with Crippen molar-refractivity contribution in [1.29, 1.82) is 5.26 Å². The van der Waals surface area contributed by atoms with E-state index in [1.54, 1.807) is 4.90 Å². The molecule has 1 aliphatic carbocycles. The lowest BCUT2D eigenvalue weighted by Crippen LogP contribution is -2.50. The third kappa shape index (κ3) is 1.80. The maximum absolute atomic E-state index is 12.2. The van der Waals surface area contributed by atoms with Crippen molar-refractivity contribution in [3.8, 4) is 6.07 Å². The van der Waals surface area contributed by atoms with Gasteiger partial charge in [-0.1, -0.05) is 0 Å². The summed E-state index contributed by atoms with van der Waals surface area (Å²) in [4.78, 5) is 14.0. The van der Waals surface area contributed by atoms with E-state index in [0.717, 1.165) is 25.8 Å². The lowest BCUT2D eigenvalue weighted by atomic mass is 9.68. The van der Waals surface area contributed by atoms with Gasteiger partial charge in [-0.2, -0.15) is 5.26 Å². The van der Waals surface area contributed by atoms with Crippen molar-refractivity contribution in [3.05, 3.63) is 0 Å². The highest BCUT2D eigenvalue weighted by Gasteiger charge is 2.47. The van der Waals surface area contributed by atoms with Crippen molar-refractivity contribution in [1.82, 2.24) is 4.90 Å². The van der Waals surface area contributed by atoms with E-state index in [2.05, 4.69) is 6.07 Å². The molecule has 0 aromatic rings. The van der Waals surface area contributed by atoms with Gasteiger partial charge in [-0.25, -0.2) is 0 Å². The Bertz CT molecular complexity index is 317. The van der Waals surface area contributed by atoms with Gasteiger partial charge in [0.25, 0.3) is 0 Å². The third-order valence-electron chi connectivity index (χ3n) is 3.89. The second-order valence-corrected chi connectivity index (χ2v) is 4.99. The molecule has 0 bridgehead atoms. The van der Waals surface area contributed by atoms with Crippen molar-refractivity contribution in [2.24, 2.45) is 11.3 Å². The van der Waals surface area contributed by atoms with Crippen molar-refractivity contribution >= 4 is 5.91 Å². The zero-order valence-electron chi connectivity index (χ0n) is 9.48. The second-order valence-electron chi connectivity index (χ2n) is 4.99. The van der Waals surface area contributed by atoms with E-state index in [1.807, 2.05) is 0 Å². The number of hydrogen-bond donors (Lipinski definition) is 1. The summed E-state index contributed by atoms with van der Waals surface area (Å²) in [7, 11) is 0. The van der Waals surface area contributed by atoms with E-state index >= 15 is 0 Å². The summed E-state index contributed by atoms with van der Waals surface area (Å²) in [5.41, 5.74) is -0.725. The number of nitrogens with zero attached hydrogens (tertiary/aromatic N) is 2. The van der Waals surface area contributed by atoms with Gasteiger partial charge >= 0.3 is 0 Å². The summed E-state index contributed by atoms with van der Waals surface area (Å²) < 4.78 is 0. The fourth-order valence-electron chi connectivity index (χ4n) is 2.61. The molecule has 0 aromatic heterocycles. The minimum atomic E-state index is -0.725. The first-order valence-corrected chi connectivity index (χ1v) is 6.03. The molecule has 2 rings (SSSR count). The highest BCUT2D eigenvalue weighted by molar-refractivity contribution is 5.86. The molecular formula is C12H18N2O2. The molecule has 1 aliphatic heterocycles. The highest BCUT2D eigenvalue weighted by Crippen LogP contribution is 2.42. The van der Waals surface area contributed by atoms with E-state index in [1.165, 1.54) is 0 Å². The Balaban J connectivity index is 2.02. The normalized spacial score (nSPS) is 28.0. The molecule has 1 heterocycles. The molecule has 88 valence electrons. The molecule has 2 fully saturated rings. The van der Waals surface area contributed by atoms with Gasteiger partial charge in [-0.15, -0.1) is 0 Å². The van der Waals surface area contributed by atoms with E-state index in [-0.39, 0.29) is 18.4 Å². The molecule has 16 heavy (non-hydrogen) atoms. The fourth-order valence-corrected chi connectivity index (χ4v) is 2.61. The Morgan fingerprint density at radius 3 is 2.75 bits per heavy atom. The molecule has 0 aromatic carbocycles. The first-order chi connectivity index (χ1) is 7.72. The summed E-state index contributed by atoms with van der Waals surface area (Å²) in [5.74, 6) is 0.202. The first-order valence-electron chi connectivity index (χ1n) is 6.03. The SMILES string of the molecule is N#CC1(C(=O)N2CCCC(CO)C2)CCC1. The maximum Gasteiger partial charge on any atom is 0.243 e. The van der Waals surface area contributed by atoms with Gasteiger partial charge < -0.3 is 10.0 Å². The number of amides is 1. The summed E-state index contributed by atoms with van der Waals surface area (Å²) in [5, 5.41) is 18.2. The molecule has 1 saturated heterocycles. The van der Waals surface area contributed by atoms with Crippen LogP contribution in [0.4, 0.5) is 0 Å². The van der Waals surface area contributed by atoms with Crippen molar-refractivity contribution < 1.29 is 9.90 Å². The zero-order valence-corrected chi connectivity index (χ0v) is 9.48. The number of piperidine rings is 1. The lowest BCUT2D eigenvalue weighted by molar-refractivity contribution is -0.145. The topological polar surface area (TPSA) is 64.3 Å². The van der Waals surface area contributed by atoms with Crippen LogP contribution < -0.4 is 0 Å². The lowest BCUT2D eigenvalue weighted by Gasteiger charge is -2.41. The van der Waals surface area contributed by atoms with Gasteiger partial charge in [0.1, 0.15) is 5.41 Å². The summed E-state index contributed by atoms with van der Waals surface area (Å²) in [6.45, 7) is 1.51. The smallest absolute Gasteiger partial charge is 0.243 e. The molecule has 1 atom stereocenters. The van der Waals surface area contributed by atoms with E-state index in [4.69, 9.17) is 10.4 Å². The third-order valence-corrected chi connectivity index (χ3v) is 3.89. The van der Waals surface area contributed by atoms with Crippen LogP contribution in [0.5, 0.6) is 0 Å². The molecule has 1 saturated carbocycles. The summed E-state index contributed by atoms with van der Waals surface area (Å²) in [6, 6.07) is 2.19. The Morgan fingerprint density at radius 1 is 1.50 bits per heavy atom. The van der Waals surface area contributed by atoms with Crippen LogP contribution in [0.15, 0.2) is 0 Å². The van der Waals surface area contributed by atoms with Crippen LogP contribution in [0, 0.1) is 22.7 Å². The standard InChI is InChI=1S/C12H18N2O2/c13-9-12(4-2-5-12)11(16)14-6-1-3-10(7-14)8-15/h10,15H,1-8H2. The van der Waals surface area contributed by atoms with Gasteiger partial charge in [0.2, 0.25) is 5.91 Å². The summed E-state index contributed by atoms with van der Waals surface area (Å²) >= 11 is 0. The predicted octanol–water partition coefficient (Wildman–Crippen LogP) is 0.911. The second kappa shape index (κ2) is 4.42. The van der Waals surface area contributed by atoms with Crippen LogP contribution in [0.3, 0.4) is 0 Å². The van der Waals surface area contributed by atoms with Crippen LogP contribution in [-0.4, -0.2) is 35.6 Å². The maximum atomic E-state index is 12.2. The predicted molar refractivity (Wildman–Crippen MR) is 58.3 cm³/mol. The average Bonchev–Trinajstić information content (AvgIpc) is 2.28. The number of rotatable bonds is 2. The fraction of sp³-hybridized carbons (Fsp3) is 0.833. The number of nitriles is 1. The monoisotopic (exact) mass is 222 g/mol. The Morgan fingerprint density at radius 2 is 2.25 bits per heavy atom. The molecular weight excluding hydrogens is 204 g/mol. The highest BCUT2D eigenvalue weighted by atomic mass is 16.3. The van der Waals surface area contributed by atoms with Crippen LogP contribution in [0.1, 0.15) is 32.1 Å². The van der Waals surface area contributed by atoms with Crippen LogP contribution in [0.25, 0.3) is 0 Å². The molecule has 4 nitrogen and oxygen atoms in total. The van der Waals surface area contributed by atoms with Gasteiger partial charge in [-0.3, -0.25) is 4.79 Å². The van der Waals surface area contributed by atoms with Crippen LogP contribution in [0.2, 0.25) is 0 Å². The van der Waals surface area contributed by atoms with Crippen molar-refractivity contribution in [3.63, 3.8) is 0 Å². The molecule has 2 aliphatic rings. The minimum Gasteiger partial charge on any atom is -0.396 e. The quantitative estimate of drug-likeness (QED) is 0.755. The number of carbonyl (C=O) groups is 1. The van der Waals surface area contributed by atoms with Crippen molar-refractivity contribution in [2.75, 3.05) is 19.7 Å². The number of aliphatic hydroxyl groups is 1. The molecule has 0 radical (unpaired) electrons. The summed E-state index contributed by atoms with van der Waals surface area (Å²) in [6.07, 6.45) is 4.33. The number of likely N-dealkylation sites (tertiary alicyclic amines) is 1. The number of hydrogen-bond acceptors (Lipinski definition) is 3. The van der Waals surface area contributed by atoms with E-state index in [9.17, 15) is 4.79 Å². The van der Waals surface area contributed by atoms with E-state index < -0.39 is 5.41 Å². The van der Waals surface area contributed by atoms with E-state index in [0.29, 0.717) is 19.4 Å². The van der Waals surface area contributed by atoms with Gasteiger partial charge in [-0.05, 0) is 38.0 Å². The molecule has 1 N–H and O–H groups in total. The van der Waals surface area contributed by atoms with Gasteiger partial charge in [0, 0.05) is 19.7 Å². The van der Waals surface area contributed by atoms with Crippen LogP contribution >= 0.6 is 0 Å². The molecule has 1 amide bonds. The Kier molecular flexibility index (Phi) is 3.15. The minimum absolute atomic E-state index is 0.000556. The first kappa shape index (κ1) is 11.4. The van der Waals surface area contributed by atoms with Crippen molar-refractivity contribution in [2.45, 2.75) is 32.1 Å². The van der Waals surface area contributed by atoms with Crippen LogP contribution in [-0.2, 0) is 4.79 Å². The molecule has 1 unspecified atom stereocenters. The number of carbonyl (C=O) groups excluding carboxylic acids is 1. The Hall–Kier alpha value is -1.08. The van der Waals surface area contributed by atoms with Gasteiger partial charge in [0.05, 0.1) is 6.07 Å². The van der Waals surface area contributed by atoms with Gasteiger partial charge in [0.15, 0.2) is 0 Å². The largest absolute Gasteiger partial charge is 0.396 e. The Labute approximate surface area is 95.9 Å². The zero-order chi connectivity index (χ0) is 11.6. The molecule has 4 heteroatoms. The average molecular weight is 222 g/mol. The molecule has 0 spiro atoms.